The molecule has 5 nitrogen and oxygen atoms in total. The van der Waals surface area contributed by atoms with Crippen molar-refractivity contribution < 1.29 is 4.79 Å². The molecule has 2 N–H and O–H groups in total. The number of carbonyl (C=O) groups is 1. The van der Waals surface area contributed by atoms with Crippen LogP contribution in [0.15, 0.2) is 36.7 Å². The summed E-state index contributed by atoms with van der Waals surface area (Å²) < 4.78 is 0. The number of benzene rings is 1. The van der Waals surface area contributed by atoms with Gasteiger partial charge in [0.25, 0.3) is 5.91 Å². The Labute approximate surface area is 140 Å². The number of nitrogens with one attached hydrogen (secondary N) is 2. The number of anilines is 2. The molecule has 1 fully saturated rings. The highest BCUT2D eigenvalue weighted by atomic mass is 35.5. The van der Waals surface area contributed by atoms with Crippen LogP contribution in [0.5, 0.6) is 0 Å². The molecule has 1 aliphatic rings. The van der Waals surface area contributed by atoms with Gasteiger partial charge in [-0.25, -0.2) is 9.97 Å². The van der Waals surface area contributed by atoms with Crippen LogP contribution in [-0.2, 0) is 0 Å². The lowest BCUT2D eigenvalue weighted by Gasteiger charge is -2.22. The minimum atomic E-state index is -0.276. The molecule has 0 aliphatic heterocycles. The normalized spacial score (nSPS) is 15.2. The summed E-state index contributed by atoms with van der Waals surface area (Å²) in [5, 5.41) is 6.58. The molecule has 1 saturated carbocycles. The van der Waals surface area contributed by atoms with E-state index in [4.69, 9.17) is 11.6 Å². The third kappa shape index (κ3) is 4.20. The SMILES string of the molecule is O=C(Nc1ccccc1Cl)c1cnc(NC2CCCCC2)nc1. The van der Waals surface area contributed by atoms with E-state index >= 15 is 0 Å². The van der Waals surface area contributed by atoms with Crippen LogP contribution in [0.2, 0.25) is 5.02 Å². The van der Waals surface area contributed by atoms with Crippen LogP contribution < -0.4 is 10.6 Å². The zero-order chi connectivity index (χ0) is 16.1. The first-order valence-corrected chi connectivity index (χ1v) is 8.24. The standard InChI is InChI=1S/C17H19ClN4O/c18-14-8-4-5-9-15(14)22-16(23)12-10-19-17(20-11-12)21-13-6-2-1-3-7-13/h4-5,8-11,13H,1-3,6-7H2,(H,22,23)(H,19,20,21). The van der Waals surface area contributed by atoms with Gasteiger partial charge in [-0.05, 0) is 25.0 Å². The zero-order valence-electron chi connectivity index (χ0n) is 12.8. The van der Waals surface area contributed by atoms with E-state index in [1.807, 2.05) is 12.1 Å². The van der Waals surface area contributed by atoms with Crippen LogP contribution in [0, 0.1) is 0 Å². The number of aromatic nitrogens is 2. The van der Waals surface area contributed by atoms with Gasteiger partial charge in [-0.3, -0.25) is 4.79 Å². The van der Waals surface area contributed by atoms with E-state index in [9.17, 15) is 4.79 Å². The molecule has 23 heavy (non-hydrogen) atoms. The molecule has 0 bridgehead atoms. The van der Waals surface area contributed by atoms with Crippen LogP contribution in [0.4, 0.5) is 11.6 Å². The Bertz CT molecular complexity index is 669. The predicted molar refractivity (Wildman–Crippen MR) is 91.9 cm³/mol. The summed E-state index contributed by atoms with van der Waals surface area (Å²) in [6.07, 6.45) is 9.16. The minimum Gasteiger partial charge on any atom is -0.351 e. The van der Waals surface area contributed by atoms with Gasteiger partial charge >= 0.3 is 0 Å². The van der Waals surface area contributed by atoms with Gasteiger partial charge in [0.15, 0.2) is 0 Å². The monoisotopic (exact) mass is 330 g/mol. The Kier molecular flexibility index (Phi) is 5.08. The van der Waals surface area contributed by atoms with Gasteiger partial charge in [0.05, 0.1) is 16.3 Å². The lowest BCUT2D eigenvalue weighted by Crippen LogP contribution is -2.23. The highest BCUT2D eigenvalue weighted by molar-refractivity contribution is 6.33. The van der Waals surface area contributed by atoms with Gasteiger partial charge in [0.2, 0.25) is 5.95 Å². The molecule has 0 saturated heterocycles. The van der Waals surface area contributed by atoms with Crippen molar-refractivity contribution in [2.75, 3.05) is 10.6 Å². The second-order valence-electron chi connectivity index (χ2n) is 5.71. The van der Waals surface area contributed by atoms with E-state index in [-0.39, 0.29) is 5.91 Å². The molecule has 120 valence electrons. The molecule has 1 aliphatic carbocycles. The number of carbonyl (C=O) groups excluding carboxylic acids is 1. The lowest BCUT2D eigenvalue weighted by molar-refractivity contribution is 0.102. The van der Waals surface area contributed by atoms with E-state index in [1.165, 1.54) is 31.7 Å². The Morgan fingerprint density at radius 2 is 1.78 bits per heavy atom. The van der Waals surface area contributed by atoms with Crippen LogP contribution in [0.3, 0.4) is 0 Å². The molecule has 1 aromatic carbocycles. The molecule has 2 aromatic rings. The maximum Gasteiger partial charge on any atom is 0.258 e. The third-order valence-corrected chi connectivity index (χ3v) is 4.30. The number of amides is 1. The highest BCUT2D eigenvalue weighted by Crippen LogP contribution is 2.22. The summed E-state index contributed by atoms with van der Waals surface area (Å²) >= 11 is 6.03. The molecule has 1 heterocycles. The van der Waals surface area contributed by atoms with Gasteiger partial charge in [-0.2, -0.15) is 0 Å². The summed E-state index contributed by atoms with van der Waals surface area (Å²) in [6, 6.07) is 7.54. The molecule has 0 radical (unpaired) electrons. The Morgan fingerprint density at radius 3 is 2.48 bits per heavy atom. The van der Waals surface area contributed by atoms with Crippen molar-refractivity contribution in [3.8, 4) is 0 Å². The number of hydrogen-bond acceptors (Lipinski definition) is 4. The van der Waals surface area contributed by atoms with Gasteiger partial charge < -0.3 is 10.6 Å². The first-order valence-electron chi connectivity index (χ1n) is 7.87. The Morgan fingerprint density at radius 1 is 1.09 bits per heavy atom. The molecular weight excluding hydrogens is 312 g/mol. The molecular formula is C17H19ClN4O. The summed E-state index contributed by atoms with van der Waals surface area (Å²) in [5.41, 5.74) is 0.975. The van der Waals surface area contributed by atoms with E-state index in [0.717, 1.165) is 12.8 Å². The zero-order valence-corrected chi connectivity index (χ0v) is 13.5. The Hall–Kier alpha value is -2.14. The summed E-state index contributed by atoms with van der Waals surface area (Å²) in [4.78, 5) is 20.7. The van der Waals surface area contributed by atoms with Crippen LogP contribution >= 0.6 is 11.6 Å². The number of para-hydroxylation sites is 1. The quantitative estimate of drug-likeness (QED) is 0.884. The van der Waals surface area contributed by atoms with E-state index in [0.29, 0.717) is 28.3 Å². The van der Waals surface area contributed by atoms with Crippen molar-refractivity contribution in [3.63, 3.8) is 0 Å². The average molecular weight is 331 g/mol. The topological polar surface area (TPSA) is 66.9 Å². The third-order valence-electron chi connectivity index (χ3n) is 3.97. The molecule has 1 aromatic heterocycles. The largest absolute Gasteiger partial charge is 0.351 e. The van der Waals surface area contributed by atoms with E-state index in [1.54, 1.807) is 12.1 Å². The Balaban J connectivity index is 1.62. The highest BCUT2D eigenvalue weighted by Gasteiger charge is 2.15. The van der Waals surface area contributed by atoms with Crippen LogP contribution in [-0.4, -0.2) is 21.9 Å². The van der Waals surface area contributed by atoms with Gasteiger partial charge in [-0.1, -0.05) is 43.0 Å². The van der Waals surface area contributed by atoms with Crippen molar-refractivity contribution in [3.05, 3.63) is 47.2 Å². The van der Waals surface area contributed by atoms with Crippen molar-refractivity contribution in [1.82, 2.24) is 9.97 Å². The van der Waals surface area contributed by atoms with Gasteiger partial charge in [0.1, 0.15) is 0 Å². The molecule has 6 heteroatoms. The molecule has 0 spiro atoms. The fourth-order valence-electron chi connectivity index (χ4n) is 2.71. The van der Waals surface area contributed by atoms with Gasteiger partial charge in [-0.15, -0.1) is 0 Å². The second kappa shape index (κ2) is 7.42. The number of rotatable bonds is 4. The fourth-order valence-corrected chi connectivity index (χ4v) is 2.89. The van der Waals surface area contributed by atoms with E-state index in [2.05, 4.69) is 20.6 Å². The molecule has 0 atom stereocenters. The number of nitrogens with zero attached hydrogens (tertiary/aromatic N) is 2. The van der Waals surface area contributed by atoms with Crippen LogP contribution in [0.25, 0.3) is 0 Å². The molecule has 0 unspecified atom stereocenters. The lowest BCUT2D eigenvalue weighted by atomic mass is 9.96. The minimum absolute atomic E-state index is 0.276. The van der Waals surface area contributed by atoms with Gasteiger partial charge in [0, 0.05) is 18.4 Å². The molecule has 1 amide bonds. The van der Waals surface area contributed by atoms with Crippen molar-refractivity contribution in [2.24, 2.45) is 0 Å². The first kappa shape index (κ1) is 15.7. The first-order chi connectivity index (χ1) is 11.2. The fraction of sp³-hybridized carbons (Fsp3) is 0.353. The average Bonchev–Trinajstić information content (AvgIpc) is 2.58. The summed E-state index contributed by atoms with van der Waals surface area (Å²) in [5.74, 6) is 0.300. The number of hydrogen-bond donors (Lipinski definition) is 2. The predicted octanol–water partition coefficient (Wildman–Crippen LogP) is 4.13. The summed E-state index contributed by atoms with van der Waals surface area (Å²) in [7, 11) is 0. The smallest absolute Gasteiger partial charge is 0.258 e. The van der Waals surface area contributed by atoms with Crippen LogP contribution in [0.1, 0.15) is 42.5 Å². The van der Waals surface area contributed by atoms with Crippen molar-refractivity contribution >= 4 is 29.1 Å². The van der Waals surface area contributed by atoms with E-state index < -0.39 is 0 Å². The maximum absolute atomic E-state index is 12.2. The van der Waals surface area contributed by atoms with Crippen molar-refractivity contribution in [2.45, 2.75) is 38.1 Å². The van der Waals surface area contributed by atoms with Crippen molar-refractivity contribution in [1.29, 1.82) is 0 Å². The molecule has 3 rings (SSSR count). The second-order valence-corrected chi connectivity index (χ2v) is 6.12. The summed E-state index contributed by atoms with van der Waals surface area (Å²) in [6.45, 7) is 0. The number of halogens is 1. The maximum atomic E-state index is 12.2.